The molecule has 3 atom stereocenters. The molecule has 5 heteroatoms. The molecule has 1 aliphatic rings. The SMILES string of the molecule is Cc1ccc(C(C)NC(=O)C2CCC(C(=O)O)C2)cc1F. The van der Waals surface area contributed by atoms with E-state index >= 15 is 0 Å². The van der Waals surface area contributed by atoms with Gasteiger partial charge in [0.15, 0.2) is 0 Å². The first-order chi connectivity index (χ1) is 9.88. The van der Waals surface area contributed by atoms with Crippen LogP contribution < -0.4 is 5.32 Å². The quantitative estimate of drug-likeness (QED) is 0.897. The van der Waals surface area contributed by atoms with Crippen LogP contribution in [0.3, 0.4) is 0 Å². The van der Waals surface area contributed by atoms with Gasteiger partial charge in [0.25, 0.3) is 0 Å². The van der Waals surface area contributed by atoms with Gasteiger partial charge in [-0.15, -0.1) is 0 Å². The fourth-order valence-corrected chi connectivity index (χ4v) is 2.74. The molecule has 1 amide bonds. The van der Waals surface area contributed by atoms with Crippen molar-refractivity contribution in [2.24, 2.45) is 11.8 Å². The summed E-state index contributed by atoms with van der Waals surface area (Å²) in [5.41, 5.74) is 1.27. The second-order valence-corrected chi connectivity index (χ2v) is 5.78. The summed E-state index contributed by atoms with van der Waals surface area (Å²) >= 11 is 0. The zero-order chi connectivity index (χ0) is 15.6. The van der Waals surface area contributed by atoms with Crippen molar-refractivity contribution in [3.05, 3.63) is 35.1 Å². The number of nitrogens with one attached hydrogen (secondary N) is 1. The summed E-state index contributed by atoms with van der Waals surface area (Å²) in [4.78, 5) is 23.1. The summed E-state index contributed by atoms with van der Waals surface area (Å²) in [7, 11) is 0. The van der Waals surface area contributed by atoms with Crippen molar-refractivity contribution in [2.45, 2.75) is 39.2 Å². The van der Waals surface area contributed by atoms with E-state index in [9.17, 15) is 14.0 Å². The average Bonchev–Trinajstić information content (AvgIpc) is 2.91. The first kappa shape index (κ1) is 15.5. The number of halogens is 1. The number of rotatable bonds is 4. The number of carboxylic acids is 1. The van der Waals surface area contributed by atoms with Crippen LogP contribution in [-0.2, 0) is 9.59 Å². The van der Waals surface area contributed by atoms with Crippen LogP contribution in [0, 0.1) is 24.6 Å². The smallest absolute Gasteiger partial charge is 0.306 e. The van der Waals surface area contributed by atoms with Crippen molar-refractivity contribution in [3.63, 3.8) is 0 Å². The van der Waals surface area contributed by atoms with E-state index in [0.29, 0.717) is 30.4 Å². The van der Waals surface area contributed by atoms with Crippen molar-refractivity contribution in [3.8, 4) is 0 Å². The average molecular weight is 293 g/mol. The highest BCUT2D eigenvalue weighted by Crippen LogP contribution is 2.31. The summed E-state index contributed by atoms with van der Waals surface area (Å²) in [5.74, 6) is -1.96. The molecule has 0 saturated heterocycles. The molecule has 1 aromatic carbocycles. The number of carbonyl (C=O) groups is 2. The van der Waals surface area contributed by atoms with Gasteiger partial charge in [-0.3, -0.25) is 9.59 Å². The topological polar surface area (TPSA) is 66.4 Å². The zero-order valence-corrected chi connectivity index (χ0v) is 12.2. The number of aryl methyl sites for hydroxylation is 1. The summed E-state index contributed by atoms with van der Waals surface area (Å²) in [6, 6.07) is 4.60. The van der Waals surface area contributed by atoms with E-state index in [1.54, 1.807) is 26.0 Å². The molecule has 1 fully saturated rings. The van der Waals surface area contributed by atoms with Crippen LogP contribution in [0.15, 0.2) is 18.2 Å². The highest BCUT2D eigenvalue weighted by atomic mass is 19.1. The van der Waals surface area contributed by atoms with Gasteiger partial charge in [0, 0.05) is 5.92 Å². The fourth-order valence-electron chi connectivity index (χ4n) is 2.74. The Bertz CT molecular complexity index is 558. The van der Waals surface area contributed by atoms with Crippen molar-refractivity contribution in [2.75, 3.05) is 0 Å². The van der Waals surface area contributed by atoms with Crippen LogP contribution in [0.5, 0.6) is 0 Å². The zero-order valence-electron chi connectivity index (χ0n) is 12.2. The molecule has 4 nitrogen and oxygen atoms in total. The second-order valence-electron chi connectivity index (χ2n) is 5.78. The van der Waals surface area contributed by atoms with Gasteiger partial charge in [0.05, 0.1) is 12.0 Å². The number of amides is 1. The summed E-state index contributed by atoms with van der Waals surface area (Å²) in [6.45, 7) is 3.48. The van der Waals surface area contributed by atoms with Gasteiger partial charge in [0.2, 0.25) is 5.91 Å². The minimum Gasteiger partial charge on any atom is -0.481 e. The lowest BCUT2D eigenvalue weighted by Crippen LogP contribution is -2.32. The van der Waals surface area contributed by atoms with Crippen LogP contribution in [0.4, 0.5) is 4.39 Å². The van der Waals surface area contributed by atoms with E-state index in [0.717, 1.165) is 0 Å². The van der Waals surface area contributed by atoms with Gasteiger partial charge in [-0.25, -0.2) is 4.39 Å². The molecule has 0 aromatic heterocycles. The maximum Gasteiger partial charge on any atom is 0.306 e. The molecule has 0 aliphatic heterocycles. The Labute approximate surface area is 123 Å². The highest BCUT2D eigenvalue weighted by Gasteiger charge is 2.34. The van der Waals surface area contributed by atoms with E-state index in [2.05, 4.69) is 5.32 Å². The van der Waals surface area contributed by atoms with E-state index in [1.165, 1.54) is 6.07 Å². The van der Waals surface area contributed by atoms with Crippen LogP contribution in [0.1, 0.15) is 43.4 Å². The molecule has 0 heterocycles. The maximum absolute atomic E-state index is 13.5. The normalized spacial score (nSPS) is 22.8. The molecule has 114 valence electrons. The fraction of sp³-hybridized carbons (Fsp3) is 0.500. The highest BCUT2D eigenvalue weighted by molar-refractivity contribution is 5.81. The molecular weight excluding hydrogens is 273 g/mol. The van der Waals surface area contributed by atoms with Gasteiger partial charge in [-0.1, -0.05) is 12.1 Å². The predicted octanol–water partition coefficient (Wildman–Crippen LogP) is 2.81. The third-order valence-electron chi connectivity index (χ3n) is 4.21. The van der Waals surface area contributed by atoms with Crippen LogP contribution in [0.25, 0.3) is 0 Å². The minimum absolute atomic E-state index is 0.146. The number of hydrogen-bond acceptors (Lipinski definition) is 2. The standard InChI is InChI=1S/C16H20FNO3/c1-9-3-4-11(8-14(9)17)10(2)18-15(19)12-5-6-13(7-12)16(20)21/h3-4,8,10,12-13H,5-7H2,1-2H3,(H,18,19)(H,20,21). The Hall–Kier alpha value is -1.91. The summed E-state index contributed by atoms with van der Waals surface area (Å²) in [5, 5.41) is 11.8. The molecular formula is C16H20FNO3. The van der Waals surface area contributed by atoms with Gasteiger partial charge < -0.3 is 10.4 Å². The molecule has 2 rings (SSSR count). The Kier molecular flexibility index (Phi) is 4.60. The van der Waals surface area contributed by atoms with Crippen molar-refractivity contribution in [1.82, 2.24) is 5.32 Å². The molecule has 1 aromatic rings. The lowest BCUT2D eigenvalue weighted by molar-refractivity contribution is -0.141. The summed E-state index contributed by atoms with van der Waals surface area (Å²) < 4.78 is 13.5. The molecule has 1 saturated carbocycles. The molecule has 21 heavy (non-hydrogen) atoms. The van der Waals surface area contributed by atoms with E-state index in [-0.39, 0.29) is 23.7 Å². The Morgan fingerprint density at radius 2 is 2.00 bits per heavy atom. The predicted molar refractivity (Wildman–Crippen MR) is 76.2 cm³/mol. The number of hydrogen-bond donors (Lipinski definition) is 2. The molecule has 1 aliphatic carbocycles. The maximum atomic E-state index is 13.5. The number of carbonyl (C=O) groups excluding carboxylic acids is 1. The van der Waals surface area contributed by atoms with E-state index in [4.69, 9.17) is 5.11 Å². The lowest BCUT2D eigenvalue weighted by atomic mass is 10.0. The molecule has 0 bridgehead atoms. The molecule has 0 radical (unpaired) electrons. The van der Waals surface area contributed by atoms with E-state index in [1.807, 2.05) is 0 Å². The number of carboxylic acid groups (broad SMARTS) is 1. The van der Waals surface area contributed by atoms with Crippen molar-refractivity contribution < 1.29 is 19.1 Å². The Morgan fingerprint density at radius 1 is 1.33 bits per heavy atom. The van der Waals surface area contributed by atoms with Gasteiger partial charge >= 0.3 is 5.97 Å². The Morgan fingerprint density at radius 3 is 2.57 bits per heavy atom. The molecule has 2 N–H and O–H groups in total. The third kappa shape index (κ3) is 3.60. The molecule has 3 unspecified atom stereocenters. The Balaban J connectivity index is 1.96. The summed E-state index contributed by atoms with van der Waals surface area (Å²) in [6.07, 6.45) is 1.52. The number of benzene rings is 1. The first-order valence-electron chi connectivity index (χ1n) is 7.17. The van der Waals surface area contributed by atoms with E-state index < -0.39 is 11.9 Å². The van der Waals surface area contributed by atoms with Gasteiger partial charge in [-0.2, -0.15) is 0 Å². The van der Waals surface area contributed by atoms with Crippen LogP contribution >= 0.6 is 0 Å². The minimum atomic E-state index is -0.834. The third-order valence-corrected chi connectivity index (χ3v) is 4.21. The van der Waals surface area contributed by atoms with Gasteiger partial charge in [0.1, 0.15) is 5.82 Å². The van der Waals surface area contributed by atoms with Crippen LogP contribution in [0.2, 0.25) is 0 Å². The molecule has 0 spiro atoms. The van der Waals surface area contributed by atoms with Crippen molar-refractivity contribution >= 4 is 11.9 Å². The largest absolute Gasteiger partial charge is 0.481 e. The second kappa shape index (κ2) is 6.24. The van der Waals surface area contributed by atoms with Crippen LogP contribution in [-0.4, -0.2) is 17.0 Å². The first-order valence-corrected chi connectivity index (χ1v) is 7.17. The van der Waals surface area contributed by atoms with Crippen molar-refractivity contribution in [1.29, 1.82) is 0 Å². The van der Waals surface area contributed by atoms with Gasteiger partial charge in [-0.05, 0) is 50.3 Å². The number of aliphatic carboxylic acids is 1. The monoisotopic (exact) mass is 293 g/mol. The lowest BCUT2D eigenvalue weighted by Gasteiger charge is -2.18.